The SMILES string of the molecule is COC(=O)c1ccc(N2C(=O)C(=O)/C(=C(\O)c3ccc4ccccc4c3)C2c2ccc(C(C)(C)C)cc2)cc1. The molecule has 196 valence electrons. The quantitative estimate of drug-likeness (QED) is 0.143. The fourth-order valence-corrected chi connectivity index (χ4v) is 4.95. The van der Waals surface area contributed by atoms with E-state index in [1.165, 1.54) is 12.0 Å². The fraction of sp³-hybridized carbons (Fsp3) is 0.182. The molecule has 0 saturated carbocycles. The van der Waals surface area contributed by atoms with E-state index in [1.54, 1.807) is 30.3 Å². The van der Waals surface area contributed by atoms with Gasteiger partial charge in [-0.1, -0.05) is 81.4 Å². The summed E-state index contributed by atoms with van der Waals surface area (Å²) in [5.41, 5.74) is 2.89. The van der Waals surface area contributed by atoms with E-state index in [0.29, 0.717) is 22.4 Å². The number of hydrogen-bond donors (Lipinski definition) is 1. The second kappa shape index (κ2) is 9.87. The molecular formula is C33H29NO5. The molecule has 0 aliphatic carbocycles. The first-order valence-electron chi connectivity index (χ1n) is 12.7. The number of fused-ring (bicyclic) bond motifs is 1. The summed E-state index contributed by atoms with van der Waals surface area (Å²) in [6.07, 6.45) is 0. The first-order valence-corrected chi connectivity index (χ1v) is 12.7. The molecule has 1 aliphatic heterocycles. The number of aliphatic hydroxyl groups excluding tert-OH is 1. The Morgan fingerprint density at radius 3 is 2.05 bits per heavy atom. The number of aliphatic hydroxyl groups is 1. The number of hydrogen-bond acceptors (Lipinski definition) is 5. The van der Waals surface area contributed by atoms with Crippen LogP contribution in [0.2, 0.25) is 0 Å². The average molecular weight is 520 g/mol. The zero-order chi connectivity index (χ0) is 27.9. The highest BCUT2D eigenvalue weighted by molar-refractivity contribution is 6.51. The molecule has 0 bridgehead atoms. The van der Waals surface area contributed by atoms with E-state index in [1.807, 2.05) is 60.7 Å². The third-order valence-corrected chi connectivity index (χ3v) is 7.13. The zero-order valence-electron chi connectivity index (χ0n) is 22.3. The zero-order valence-corrected chi connectivity index (χ0v) is 22.3. The Labute approximate surface area is 227 Å². The van der Waals surface area contributed by atoms with Gasteiger partial charge in [-0.3, -0.25) is 14.5 Å². The minimum Gasteiger partial charge on any atom is -0.507 e. The Bertz CT molecular complexity index is 1630. The van der Waals surface area contributed by atoms with Gasteiger partial charge in [0.1, 0.15) is 5.76 Å². The van der Waals surface area contributed by atoms with Gasteiger partial charge in [-0.25, -0.2) is 4.79 Å². The van der Waals surface area contributed by atoms with E-state index in [-0.39, 0.29) is 16.7 Å². The monoisotopic (exact) mass is 519 g/mol. The lowest BCUT2D eigenvalue weighted by Crippen LogP contribution is -2.29. The summed E-state index contributed by atoms with van der Waals surface area (Å²) >= 11 is 0. The highest BCUT2D eigenvalue weighted by Crippen LogP contribution is 2.43. The van der Waals surface area contributed by atoms with Crippen molar-refractivity contribution in [2.45, 2.75) is 32.2 Å². The molecule has 4 aromatic rings. The first-order chi connectivity index (χ1) is 18.6. The Morgan fingerprint density at radius 2 is 1.44 bits per heavy atom. The van der Waals surface area contributed by atoms with Crippen LogP contribution in [0.5, 0.6) is 0 Å². The molecule has 1 fully saturated rings. The van der Waals surface area contributed by atoms with Crippen molar-refractivity contribution < 1.29 is 24.2 Å². The summed E-state index contributed by atoms with van der Waals surface area (Å²) < 4.78 is 4.78. The molecule has 39 heavy (non-hydrogen) atoms. The van der Waals surface area contributed by atoms with Crippen molar-refractivity contribution in [1.29, 1.82) is 0 Å². The molecule has 1 N–H and O–H groups in total. The van der Waals surface area contributed by atoms with Gasteiger partial charge in [0, 0.05) is 11.3 Å². The fourth-order valence-electron chi connectivity index (χ4n) is 4.95. The Hall–Kier alpha value is -4.71. The maximum absolute atomic E-state index is 13.5. The van der Waals surface area contributed by atoms with E-state index < -0.39 is 23.7 Å². The summed E-state index contributed by atoms with van der Waals surface area (Å²) in [7, 11) is 1.29. The van der Waals surface area contributed by atoms with Crippen molar-refractivity contribution in [3.8, 4) is 0 Å². The van der Waals surface area contributed by atoms with E-state index in [4.69, 9.17) is 4.74 Å². The minimum absolute atomic E-state index is 0.0100. The number of carbonyl (C=O) groups excluding carboxylic acids is 3. The van der Waals surface area contributed by atoms with E-state index in [2.05, 4.69) is 20.8 Å². The van der Waals surface area contributed by atoms with Crippen molar-refractivity contribution in [3.63, 3.8) is 0 Å². The maximum Gasteiger partial charge on any atom is 0.337 e. The van der Waals surface area contributed by atoms with Crippen molar-refractivity contribution in [2.24, 2.45) is 0 Å². The summed E-state index contributed by atoms with van der Waals surface area (Å²) in [5, 5.41) is 13.4. The first kappa shape index (κ1) is 25.9. The molecule has 1 heterocycles. The molecule has 0 spiro atoms. The van der Waals surface area contributed by atoms with Gasteiger partial charge in [0.2, 0.25) is 0 Å². The van der Waals surface area contributed by atoms with Gasteiger partial charge in [-0.2, -0.15) is 0 Å². The molecule has 0 radical (unpaired) electrons. The van der Waals surface area contributed by atoms with Crippen molar-refractivity contribution >= 4 is 39.9 Å². The van der Waals surface area contributed by atoms with Crippen LogP contribution in [-0.2, 0) is 19.7 Å². The van der Waals surface area contributed by atoms with Crippen molar-refractivity contribution in [3.05, 3.63) is 119 Å². The normalized spacial score (nSPS) is 17.0. The van der Waals surface area contributed by atoms with Crippen LogP contribution in [0.25, 0.3) is 16.5 Å². The van der Waals surface area contributed by atoms with Gasteiger partial charge in [0.15, 0.2) is 0 Å². The summed E-state index contributed by atoms with van der Waals surface area (Å²) in [4.78, 5) is 40.3. The molecule has 1 amide bonds. The number of nitrogens with zero attached hydrogens (tertiary/aromatic N) is 1. The summed E-state index contributed by atoms with van der Waals surface area (Å²) in [6, 6.07) is 26.3. The number of amides is 1. The average Bonchev–Trinajstić information content (AvgIpc) is 3.21. The van der Waals surface area contributed by atoms with Gasteiger partial charge in [0.05, 0.1) is 24.3 Å². The van der Waals surface area contributed by atoms with Crippen molar-refractivity contribution in [1.82, 2.24) is 0 Å². The van der Waals surface area contributed by atoms with Crippen LogP contribution in [0, 0.1) is 0 Å². The molecule has 1 saturated heterocycles. The number of methoxy groups -OCH3 is 1. The van der Waals surface area contributed by atoms with Crippen LogP contribution in [0.3, 0.4) is 0 Å². The standard InChI is InChI=1S/C33H29NO5/c1-33(2,3)25-15-11-21(12-16-25)28-27(29(35)24-10-9-20-7-5-6-8-23(20)19-24)30(36)31(37)34(28)26-17-13-22(14-18-26)32(38)39-4/h5-19,28,35H,1-4H3/b29-27-. The Morgan fingerprint density at radius 1 is 0.821 bits per heavy atom. The lowest BCUT2D eigenvalue weighted by molar-refractivity contribution is -0.132. The van der Waals surface area contributed by atoms with Gasteiger partial charge in [-0.15, -0.1) is 0 Å². The van der Waals surface area contributed by atoms with Gasteiger partial charge in [-0.05, 0) is 57.6 Å². The van der Waals surface area contributed by atoms with E-state index >= 15 is 0 Å². The lowest BCUT2D eigenvalue weighted by Gasteiger charge is -2.26. The second-order valence-electron chi connectivity index (χ2n) is 10.6. The number of esters is 1. The number of benzene rings is 4. The maximum atomic E-state index is 13.5. The van der Waals surface area contributed by atoms with Crippen LogP contribution in [0.15, 0.2) is 96.6 Å². The third-order valence-electron chi connectivity index (χ3n) is 7.13. The number of rotatable bonds is 4. The topological polar surface area (TPSA) is 83.9 Å². The molecule has 4 aromatic carbocycles. The molecular weight excluding hydrogens is 490 g/mol. The van der Waals surface area contributed by atoms with Crippen LogP contribution in [0.1, 0.15) is 53.9 Å². The van der Waals surface area contributed by atoms with Gasteiger partial charge in [0.25, 0.3) is 11.7 Å². The molecule has 1 aliphatic rings. The van der Waals surface area contributed by atoms with Crippen LogP contribution < -0.4 is 4.90 Å². The highest BCUT2D eigenvalue weighted by Gasteiger charge is 2.47. The highest BCUT2D eigenvalue weighted by atomic mass is 16.5. The molecule has 1 atom stereocenters. The second-order valence-corrected chi connectivity index (χ2v) is 10.6. The van der Waals surface area contributed by atoms with E-state index in [0.717, 1.165) is 16.3 Å². The largest absolute Gasteiger partial charge is 0.507 e. The number of ketones is 1. The molecule has 6 heteroatoms. The van der Waals surface area contributed by atoms with E-state index in [9.17, 15) is 19.5 Å². The van der Waals surface area contributed by atoms with Crippen LogP contribution in [-0.4, -0.2) is 29.9 Å². The Balaban J connectivity index is 1.68. The molecule has 1 unspecified atom stereocenters. The minimum atomic E-state index is -0.866. The number of carbonyl (C=O) groups is 3. The number of anilines is 1. The lowest BCUT2D eigenvalue weighted by atomic mass is 9.85. The van der Waals surface area contributed by atoms with Crippen LogP contribution >= 0.6 is 0 Å². The van der Waals surface area contributed by atoms with Gasteiger partial charge >= 0.3 is 5.97 Å². The smallest absolute Gasteiger partial charge is 0.337 e. The Kier molecular flexibility index (Phi) is 6.56. The summed E-state index contributed by atoms with van der Waals surface area (Å²) in [6.45, 7) is 6.32. The van der Waals surface area contributed by atoms with Crippen molar-refractivity contribution in [2.75, 3.05) is 12.0 Å². The predicted molar refractivity (Wildman–Crippen MR) is 152 cm³/mol. The van der Waals surface area contributed by atoms with Gasteiger partial charge < -0.3 is 9.84 Å². The number of Topliss-reactive ketones (excluding diaryl/α,β-unsaturated/α-hetero) is 1. The van der Waals surface area contributed by atoms with Crippen LogP contribution in [0.4, 0.5) is 5.69 Å². The molecule has 0 aromatic heterocycles. The summed E-state index contributed by atoms with van der Waals surface area (Å²) in [5.74, 6) is -2.28. The number of ether oxygens (including phenoxy) is 1. The third kappa shape index (κ3) is 4.70. The molecule has 6 nitrogen and oxygen atoms in total. The molecule has 5 rings (SSSR count). The predicted octanol–water partition coefficient (Wildman–Crippen LogP) is 6.55.